The van der Waals surface area contributed by atoms with Gasteiger partial charge in [-0.3, -0.25) is 0 Å². The summed E-state index contributed by atoms with van der Waals surface area (Å²) >= 11 is 0. The van der Waals surface area contributed by atoms with Crippen LogP contribution in [0.3, 0.4) is 0 Å². The fourth-order valence-corrected chi connectivity index (χ4v) is 3.64. The highest BCUT2D eigenvalue weighted by molar-refractivity contribution is 4.91. The molecule has 3 nitrogen and oxygen atoms in total. The predicted octanol–water partition coefficient (Wildman–Crippen LogP) is 2.25. The molecule has 17 heavy (non-hydrogen) atoms. The summed E-state index contributed by atoms with van der Waals surface area (Å²) in [6.45, 7) is 2.98. The Labute approximate surface area is 104 Å². The van der Waals surface area contributed by atoms with E-state index < -0.39 is 0 Å². The SMILES string of the molecule is C1CNC(COC2CCOC3(CCCC3)C2)C1. The maximum absolute atomic E-state index is 6.11. The Hall–Kier alpha value is -0.120. The van der Waals surface area contributed by atoms with Gasteiger partial charge >= 0.3 is 0 Å². The molecule has 0 aromatic rings. The van der Waals surface area contributed by atoms with Crippen LogP contribution in [0.1, 0.15) is 51.4 Å². The second-order valence-electron chi connectivity index (χ2n) is 5.98. The zero-order chi connectivity index (χ0) is 11.6. The van der Waals surface area contributed by atoms with Crippen molar-refractivity contribution >= 4 is 0 Å². The zero-order valence-electron chi connectivity index (χ0n) is 10.7. The zero-order valence-corrected chi connectivity index (χ0v) is 10.7. The smallest absolute Gasteiger partial charge is 0.0707 e. The molecule has 0 aromatic heterocycles. The van der Waals surface area contributed by atoms with E-state index >= 15 is 0 Å². The molecule has 2 saturated heterocycles. The van der Waals surface area contributed by atoms with Crippen molar-refractivity contribution in [3.63, 3.8) is 0 Å². The molecule has 3 fully saturated rings. The van der Waals surface area contributed by atoms with Crippen molar-refractivity contribution in [3.05, 3.63) is 0 Å². The largest absolute Gasteiger partial charge is 0.376 e. The van der Waals surface area contributed by atoms with Crippen LogP contribution in [0.25, 0.3) is 0 Å². The summed E-state index contributed by atoms with van der Waals surface area (Å²) in [5.74, 6) is 0. The highest BCUT2D eigenvalue weighted by atomic mass is 16.5. The summed E-state index contributed by atoms with van der Waals surface area (Å²) < 4.78 is 12.1. The minimum Gasteiger partial charge on any atom is -0.376 e. The quantitative estimate of drug-likeness (QED) is 0.819. The van der Waals surface area contributed by atoms with Crippen molar-refractivity contribution < 1.29 is 9.47 Å². The lowest BCUT2D eigenvalue weighted by atomic mass is 9.90. The topological polar surface area (TPSA) is 30.5 Å². The van der Waals surface area contributed by atoms with Gasteiger partial charge < -0.3 is 14.8 Å². The van der Waals surface area contributed by atoms with Gasteiger partial charge in [-0.05, 0) is 38.6 Å². The van der Waals surface area contributed by atoms with Gasteiger partial charge in [-0.15, -0.1) is 0 Å². The summed E-state index contributed by atoms with van der Waals surface area (Å²) in [6, 6.07) is 0.609. The minimum absolute atomic E-state index is 0.200. The molecule has 1 aliphatic carbocycles. The van der Waals surface area contributed by atoms with Crippen molar-refractivity contribution in [1.82, 2.24) is 5.32 Å². The van der Waals surface area contributed by atoms with Gasteiger partial charge in [-0.25, -0.2) is 0 Å². The van der Waals surface area contributed by atoms with Gasteiger partial charge in [0.05, 0.1) is 18.3 Å². The predicted molar refractivity (Wildman–Crippen MR) is 67.1 cm³/mol. The summed E-state index contributed by atoms with van der Waals surface area (Å²) in [6.07, 6.45) is 10.5. The first-order valence-corrected chi connectivity index (χ1v) is 7.35. The fourth-order valence-electron chi connectivity index (χ4n) is 3.64. The first-order valence-electron chi connectivity index (χ1n) is 7.35. The van der Waals surface area contributed by atoms with E-state index in [0.29, 0.717) is 12.1 Å². The number of rotatable bonds is 3. The first kappa shape index (κ1) is 11.9. The van der Waals surface area contributed by atoms with E-state index in [4.69, 9.17) is 9.47 Å². The van der Waals surface area contributed by atoms with Crippen LogP contribution in [0.15, 0.2) is 0 Å². The van der Waals surface area contributed by atoms with Gasteiger partial charge in [0.2, 0.25) is 0 Å². The van der Waals surface area contributed by atoms with E-state index in [-0.39, 0.29) is 5.60 Å². The lowest BCUT2D eigenvalue weighted by Crippen LogP contribution is -2.41. The molecule has 0 aromatic carbocycles. The van der Waals surface area contributed by atoms with Crippen LogP contribution >= 0.6 is 0 Å². The normalized spacial score (nSPS) is 36.7. The average molecular weight is 239 g/mol. The molecular weight excluding hydrogens is 214 g/mol. The summed E-state index contributed by atoms with van der Waals surface area (Å²) in [7, 11) is 0. The Morgan fingerprint density at radius 3 is 2.82 bits per heavy atom. The molecule has 3 heteroatoms. The summed E-state index contributed by atoms with van der Waals surface area (Å²) in [5, 5.41) is 3.50. The van der Waals surface area contributed by atoms with Gasteiger partial charge in [0.15, 0.2) is 0 Å². The highest BCUT2D eigenvalue weighted by Crippen LogP contribution is 2.40. The Balaban J connectivity index is 1.46. The lowest BCUT2D eigenvalue weighted by Gasteiger charge is -2.38. The monoisotopic (exact) mass is 239 g/mol. The lowest BCUT2D eigenvalue weighted by molar-refractivity contribution is -0.132. The molecule has 0 bridgehead atoms. The van der Waals surface area contributed by atoms with Crippen LogP contribution < -0.4 is 5.32 Å². The Morgan fingerprint density at radius 1 is 1.18 bits per heavy atom. The third-order valence-electron chi connectivity index (χ3n) is 4.66. The minimum atomic E-state index is 0.200. The third-order valence-corrected chi connectivity index (χ3v) is 4.66. The van der Waals surface area contributed by atoms with Crippen LogP contribution in [-0.4, -0.2) is 37.5 Å². The number of ether oxygens (including phenoxy) is 2. The fraction of sp³-hybridized carbons (Fsp3) is 1.00. The molecule has 3 rings (SSSR count). The average Bonchev–Trinajstić information content (AvgIpc) is 2.99. The molecule has 2 atom stereocenters. The number of nitrogens with one attached hydrogen (secondary N) is 1. The second-order valence-corrected chi connectivity index (χ2v) is 5.98. The van der Waals surface area contributed by atoms with Crippen molar-refractivity contribution in [3.8, 4) is 0 Å². The van der Waals surface area contributed by atoms with Crippen molar-refractivity contribution in [1.29, 1.82) is 0 Å². The van der Waals surface area contributed by atoms with E-state index in [9.17, 15) is 0 Å². The molecule has 0 amide bonds. The van der Waals surface area contributed by atoms with Crippen molar-refractivity contribution in [2.75, 3.05) is 19.8 Å². The van der Waals surface area contributed by atoms with E-state index in [0.717, 1.165) is 26.1 Å². The van der Waals surface area contributed by atoms with Crippen LogP contribution in [0.4, 0.5) is 0 Å². The van der Waals surface area contributed by atoms with Crippen LogP contribution in [0, 0.1) is 0 Å². The first-order chi connectivity index (χ1) is 8.36. The number of hydrogen-bond acceptors (Lipinski definition) is 3. The molecule has 2 aliphatic heterocycles. The van der Waals surface area contributed by atoms with E-state index in [1.165, 1.54) is 45.1 Å². The highest BCUT2D eigenvalue weighted by Gasteiger charge is 2.40. The maximum atomic E-state index is 6.11. The molecule has 1 saturated carbocycles. The molecule has 98 valence electrons. The second kappa shape index (κ2) is 5.25. The van der Waals surface area contributed by atoms with Gasteiger partial charge in [0.1, 0.15) is 0 Å². The van der Waals surface area contributed by atoms with E-state index in [2.05, 4.69) is 5.32 Å². The summed E-state index contributed by atoms with van der Waals surface area (Å²) in [4.78, 5) is 0. The molecular formula is C14H25NO2. The Bertz CT molecular complexity index is 245. The molecule has 3 aliphatic rings. The van der Waals surface area contributed by atoms with Crippen molar-refractivity contribution in [2.45, 2.75) is 69.1 Å². The van der Waals surface area contributed by atoms with Gasteiger partial charge in [-0.1, -0.05) is 12.8 Å². The van der Waals surface area contributed by atoms with Gasteiger partial charge in [0.25, 0.3) is 0 Å². The van der Waals surface area contributed by atoms with Crippen LogP contribution in [0.2, 0.25) is 0 Å². The van der Waals surface area contributed by atoms with Crippen molar-refractivity contribution in [2.24, 2.45) is 0 Å². The van der Waals surface area contributed by atoms with Crippen LogP contribution in [0.5, 0.6) is 0 Å². The Morgan fingerprint density at radius 2 is 2.06 bits per heavy atom. The van der Waals surface area contributed by atoms with E-state index in [1.54, 1.807) is 0 Å². The standard InChI is InChI=1S/C14H25NO2/c1-2-7-14(6-1)10-13(5-9-17-14)16-11-12-4-3-8-15-12/h12-13,15H,1-11H2. The Kier molecular flexibility index (Phi) is 3.69. The molecule has 2 unspecified atom stereocenters. The molecule has 1 spiro atoms. The summed E-state index contributed by atoms with van der Waals surface area (Å²) in [5.41, 5.74) is 0.200. The maximum Gasteiger partial charge on any atom is 0.0707 e. The van der Waals surface area contributed by atoms with Gasteiger partial charge in [0, 0.05) is 19.1 Å². The van der Waals surface area contributed by atoms with E-state index in [1.807, 2.05) is 0 Å². The molecule has 1 N–H and O–H groups in total. The van der Waals surface area contributed by atoms with Crippen LogP contribution in [-0.2, 0) is 9.47 Å². The van der Waals surface area contributed by atoms with Gasteiger partial charge in [-0.2, -0.15) is 0 Å². The number of hydrogen-bond donors (Lipinski definition) is 1. The molecule has 0 radical (unpaired) electrons. The molecule has 2 heterocycles. The third kappa shape index (κ3) is 2.83.